The van der Waals surface area contributed by atoms with Crippen LogP contribution >= 0.6 is 0 Å². The van der Waals surface area contributed by atoms with Gasteiger partial charge in [-0.15, -0.1) is 0 Å². The van der Waals surface area contributed by atoms with Crippen molar-refractivity contribution in [2.45, 2.75) is 13.1 Å². The van der Waals surface area contributed by atoms with Crippen LogP contribution < -0.4 is 4.74 Å². The molecule has 0 unspecified atom stereocenters. The molecule has 0 aliphatic rings. The molecule has 4 nitrogen and oxygen atoms in total. The predicted octanol–water partition coefficient (Wildman–Crippen LogP) is 3.21. The standard InChI is InChI=1S/C11H8F4N2O2/c1-5-6(3-4-19-5)9-16-8(12)7(11(13,14)15)10(17-9)18-2/h3-4H,1-2H3. The van der Waals surface area contributed by atoms with E-state index < -0.39 is 23.6 Å². The summed E-state index contributed by atoms with van der Waals surface area (Å²) in [7, 11) is 0.975. The van der Waals surface area contributed by atoms with Gasteiger partial charge in [-0.3, -0.25) is 0 Å². The van der Waals surface area contributed by atoms with Gasteiger partial charge in [-0.2, -0.15) is 27.5 Å². The highest BCUT2D eigenvalue weighted by Crippen LogP contribution is 2.37. The lowest BCUT2D eigenvalue weighted by Crippen LogP contribution is -2.14. The fourth-order valence-electron chi connectivity index (χ4n) is 1.54. The summed E-state index contributed by atoms with van der Waals surface area (Å²) in [6.07, 6.45) is -3.63. The molecule has 2 rings (SSSR count). The van der Waals surface area contributed by atoms with Crippen LogP contribution in [0.2, 0.25) is 0 Å². The Balaban J connectivity index is 2.64. The Morgan fingerprint density at radius 1 is 1.26 bits per heavy atom. The predicted molar refractivity (Wildman–Crippen MR) is 56.0 cm³/mol. The third-order valence-corrected chi connectivity index (χ3v) is 2.41. The van der Waals surface area contributed by atoms with Gasteiger partial charge in [0.1, 0.15) is 5.76 Å². The molecule has 0 saturated heterocycles. The fourth-order valence-corrected chi connectivity index (χ4v) is 1.54. The van der Waals surface area contributed by atoms with Gasteiger partial charge in [-0.1, -0.05) is 0 Å². The highest BCUT2D eigenvalue weighted by molar-refractivity contribution is 5.58. The van der Waals surface area contributed by atoms with Crippen LogP contribution in [0.1, 0.15) is 11.3 Å². The minimum absolute atomic E-state index is 0.228. The lowest BCUT2D eigenvalue weighted by Gasteiger charge is -2.12. The third-order valence-electron chi connectivity index (χ3n) is 2.41. The van der Waals surface area contributed by atoms with Crippen molar-refractivity contribution in [1.82, 2.24) is 9.97 Å². The van der Waals surface area contributed by atoms with Gasteiger partial charge in [0.05, 0.1) is 18.9 Å². The lowest BCUT2D eigenvalue weighted by atomic mass is 10.2. The summed E-state index contributed by atoms with van der Waals surface area (Å²) in [4.78, 5) is 6.78. The number of ether oxygens (including phenoxy) is 1. The molecule has 0 atom stereocenters. The van der Waals surface area contributed by atoms with E-state index in [-0.39, 0.29) is 5.82 Å². The molecule has 8 heteroatoms. The van der Waals surface area contributed by atoms with Gasteiger partial charge in [-0.25, -0.2) is 0 Å². The first-order valence-electron chi connectivity index (χ1n) is 5.07. The molecule has 0 radical (unpaired) electrons. The van der Waals surface area contributed by atoms with Crippen molar-refractivity contribution in [3.63, 3.8) is 0 Å². The van der Waals surface area contributed by atoms with Crippen LogP contribution in [-0.2, 0) is 6.18 Å². The molecule has 2 aromatic heterocycles. The first kappa shape index (κ1) is 13.3. The topological polar surface area (TPSA) is 48.2 Å². The molecule has 0 aromatic carbocycles. The van der Waals surface area contributed by atoms with E-state index in [9.17, 15) is 17.6 Å². The zero-order valence-corrected chi connectivity index (χ0v) is 9.88. The van der Waals surface area contributed by atoms with Gasteiger partial charge >= 0.3 is 6.18 Å². The fraction of sp³-hybridized carbons (Fsp3) is 0.273. The molecular formula is C11H8F4N2O2. The molecule has 0 saturated carbocycles. The molecule has 102 valence electrons. The third kappa shape index (κ3) is 2.38. The number of hydrogen-bond acceptors (Lipinski definition) is 4. The van der Waals surface area contributed by atoms with E-state index in [1.165, 1.54) is 12.3 Å². The molecule has 0 N–H and O–H groups in total. The maximum Gasteiger partial charge on any atom is 0.426 e. The number of hydrogen-bond donors (Lipinski definition) is 0. The average Bonchev–Trinajstić information content (AvgIpc) is 2.72. The Morgan fingerprint density at radius 3 is 2.42 bits per heavy atom. The van der Waals surface area contributed by atoms with E-state index >= 15 is 0 Å². The number of alkyl halides is 3. The normalized spacial score (nSPS) is 11.7. The monoisotopic (exact) mass is 276 g/mol. The lowest BCUT2D eigenvalue weighted by molar-refractivity contribution is -0.142. The molecule has 19 heavy (non-hydrogen) atoms. The Hall–Kier alpha value is -2.12. The molecule has 2 aromatic rings. The molecule has 2 heterocycles. The molecule has 0 spiro atoms. The highest BCUT2D eigenvalue weighted by Gasteiger charge is 2.40. The van der Waals surface area contributed by atoms with Crippen molar-refractivity contribution in [3.8, 4) is 17.3 Å². The highest BCUT2D eigenvalue weighted by atomic mass is 19.4. The second-order valence-corrected chi connectivity index (χ2v) is 3.61. The smallest absolute Gasteiger partial charge is 0.426 e. The molecule has 0 amide bonds. The number of aromatic nitrogens is 2. The van der Waals surface area contributed by atoms with E-state index in [2.05, 4.69) is 14.7 Å². The quantitative estimate of drug-likeness (QED) is 0.624. The molecular weight excluding hydrogens is 268 g/mol. The zero-order valence-electron chi connectivity index (χ0n) is 9.88. The molecule has 0 bridgehead atoms. The molecule has 0 aliphatic heterocycles. The van der Waals surface area contributed by atoms with Gasteiger partial charge in [0.15, 0.2) is 11.4 Å². The SMILES string of the molecule is COc1nc(-c2ccoc2C)nc(F)c1C(F)(F)F. The summed E-state index contributed by atoms with van der Waals surface area (Å²) >= 11 is 0. The van der Waals surface area contributed by atoms with E-state index in [0.29, 0.717) is 11.3 Å². The first-order valence-corrected chi connectivity index (χ1v) is 5.07. The Morgan fingerprint density at radius 2 is 1.95 bits per heavy atom. The average molecular weight is 276 g/mol. The maximum atomic E-state index is 13.5. The Bertz CT molecular complexity index is 607. The number of rotatable bonds is 2. The number of nitrogens with zero attached hydrogens (tertiary/aromatic N) is 2. The van der Waals surface area contributed by atoms with Crippen molar-refractivity contribution in [1.29, 1.82) is 0 Å². The summed E-state index contributed by atoms with van der Waals surface area (Å²) in [5, 5.41) is 0. The maximum absolute atomic E-state index is 13.5. The summed E-state index contributed by atoms with van der Waals surface area (Å²) in [5.74, 6) is -2.42. The summed E-state index contributed by atoms with van der Waals surface area (Å²) < 4.78 is 60.9. The van der Waals surface area contributed by atoms with E-state index in [0.717, 1.165) is 7.11 Å². The second kappa shape index (κ2) is 4.52. The first-order chi connectivity index (χ1) is 8.84. The van der Waals surface area contributed by atoms with Crippen LogP contribution in [-0.4, -0.2) is 17.1 Å². The number of furan rings is 1. The summed E-state index contributed by atoms with van der Waals surface area (Å²) in [6.45, 7) is 1.56. The van der Waals surface area contributed by atoms with Gasteiger partial charge in [0.25, 0.3) is 0 Å². The van der Waals surface area contributed by atoms with Gasteiger partial charge in [0, 0.05) is 0 Å². The van der Waals surface area contributed by atoms with E-state index in [4.69, 9.17) is 4.42 Å². The molecule has 0 fully saturated rings. The van der Waals surface area contributed by atoms with Crippen LogP contribution in [0.4, 0.5) is 17.6 Å². The minimum Gasteiger partial charge on any atom is -0.480 e. The number of halogens is 4. The molecule has 0 aliphatic carbocycles. The Kier molecular flexibility index (Phi) is 3.17. The van der Waals surface area contributed by atoms with Crippen molar-refractivity contribution in [3.05, 3.63) is 29.6 Å². The van der Waals surface area contributed by atoms with Crippen LogP contribution in [0, 0.1) is 12.9 Å². The largest absolute Gasteiger partial charge is 0.480 e. The zero-order chi connectivity index (χ0) is 14.2. The van der Waals surface area contributed by atoms with Crippen molar-refractivity contribution >= 4 is 0 Å². The van der Waals surface area contributed by atoms with Crippen molar-refractivity contribution in [2.24, 2.45) is 0 Å². The second-order valence-electron chi connectivity index (χ2n) is 3.61. The number of aryl methyl sites for hydroxylation is 1. The minimum atomic E-state index is -4.93. The summed E-state index contributed by atoms with van der Waals surface area (Å²) in [6, 6.07) is 1.43. The van der Waals surface area contributed by atoms with Crippen molar-refractivity contribution in [2.75, 3.05) is 7.11 Å². The summed E-state index contributed by atoms with van der Waals surface area (Å²) in [5.41, 5.74) is -1.33. The van der Waals surface area contributed by atoms with Crippen LogP contribution in [0.25, 0.3) is 11.4 Å². The van der Waals surface area contributed by atoms with Crippen LogP contribution in [0.3, 0.4) is 0 Å². The van der Waals surface area contributed by atoms with Crippen LogP contribution in [0.15, 0.2) is 16.7 Å². The Labute approximate surface area is 105 Å². The number of methoxy groups -OCH3 is 1. The van der Waals surface area contributed by atoms with Crippen molar-refractivity contribution < 1.29 is 26.7 Å². The van der Waals surface area contributed by atoms with Crippen LogP contribution in [0.5, 0.6) is 5.88 Å². The van der Waals surface area contributed by atoms with Gasteiger partial charge in [0.2, 0.25) is 11.8 Å². The van der Waals surface area contributed by atoms with Gasteiger partial charge < -0.3 is 9.15 Å². The van der Waals surface area contributed by atoms with Gasteiger partial charge in [-0.05, 0) is 13.0 Å². The van der Waals surface area contributed by atoms with E-state index in [1.807, 2.05) is 0 Å². The van der Waals surface area contributed by atoms with E-state index in [1.54, 1.807) is 6.92 Å².